The fourth-order valence-corrected chi connectivity index (χ4v) is 2.66. The van der Waals surface area contributed by atoms with E-state index in [1.807, 2.05) is 36.0 Å². The largest absolute Gasteiger partial charge is 0.370 e. The lowest BCUT2D eigenvalue weighted by Gasteiger charge is -2.05. The van der Waals surface area contributed by atoms with Gasteiger partial charge >= 0.3 is 0 Å². The molecule has 0 fully saturated rings. The van der Waals surface area contributed by atoms with Crippen LogP contribution in [0.15, 0.2) is 70.6 Å². The summed E-state index contributed by atoms with van der Waals surface area (Å²) in [6.45, 7) is 1.54. The quantitative estimate of drug-likeness (QED) is 0.234. The van der Waals surface area contributed by atoms with Crippen LogP contribution in [0.3, 0.4) is 0 Å². The van der Waals surface area contributed by atoms with Gasteiger partial charge in [-0.15, -0.1) is 35.7 Å². The highest BCUT2D eigenvalue weighted by Gasteiger charge is 1.95. The lowest BCUT2D eigenvalue weighted by molar-refractivity contribution is 0.910. The van der Waals surface area contributed by atoms with E-state index in [0.29, 0.717) is 12.5 Å². The van der Waals surface area contributed by atoms with Crippen LogP contribution in [-0.2, 0) is 6.42 Å². The molecule has 0 atom stereocenters. The van der Waals surface area contributed by atoms with E-state index in [4.69, 9.17) is 5.73 Å². The van der Waals surface area contributed by atoms with Crippen LogP contribution in [0.2, 0.25) is 0 Å². The van der Waals surface area contributed by atoms with Crippen molar-refractivity contribution in [3.05, 3.63) is 66.2 Å². The minimum Gasteiger partial charge on any atom is -0.370 e. The number of nitrogens with one attached hydrogen (secondary N) is 1. The molecule has 3 N–H and O–H groups in total. The van der Waals surface area contributed by atoms with E-state index < -0.39 is 0 Å². The molecule has 0 aliphatic heterocycles. The molecule has 2 rings (SSSR count). The second-order valence-corrected chi connectivity index (χ2v) is 5.76. The van der Waals surface area contributed by atoms with Crippen LogP contribution in [0.1, 0.15) is 5.56 Å². The molecule has 0 aliphatic rings. The van der Waals surface area contributed by atoms with Crippen molar-refractivity contribution < 1.29 is 0 Å². The molecule has 2 aromatic rings. The Morgan fingerprint density at radius 2 is 1.64 bits per heavy atom. The van der Waals surface area contributed by atoms with E-state index >= 15 is 0 Å². The van der Waals surface area contributed by atoms with Gasteiger partial charge in [0.2, 0.25) is 0 Å². The molecule has 5 heteroatoms. The van der Waals surface area contributed by atoms with E-state index in [1.54, 1.807) is 0 Å². The van der Waals surface area contributed by atoms with Gasteiger partial charge in [0.15, 0.2) is 5.96 Å². The Hall–Kier alpha value is -1.21. The van der Waals surface area contributed by atoms with E-state index in [0.717, 1.165) is 18.7 Å². The highest BCUT2D eigenvalue weighted by atomic mass is 127. The molecule has 118 valence electrons. The zero-order valence-electron chi connectivity index (χ0n) is 12.4. The third-order valence-corrected chi connectivity index (χ3v) is 3.96. The summed E-state index contributed by atoms with van der Waals surface area (Å²) < 4.78 is 0. The number of hydrogen-bond acceptors (Lipinski definition) is 2. The summed E-state index contributed by atoms with van der Waals surface area (Å²) in [5.41, 5.74) is 7.13. The number of nitrogens with two attached hydrogens (primary N) is 1. The summed E-state index contributed by atoms with van der Waals surface area (Å²) in [5.74, 6) is 1.50. The van der Waals surface area contributed by atoms with Crippen LogP contribution in [0.4, 0.5) is 0 Å². The Balaban J connectivity index is 0.00000242. The summed E-state index contributed by atoms with van der Waals surface area (Å²) in [6, 6.07) is 20.7. The Kier molecular flexibility index (Phi) is 9.74. The molecular formula is C17H22IN3S. The third kappa shape index (κ3) is 7.70. The lowest BCUT2D eigenvalue weighted by Crippen LogP contribution is -2.33. The van der Waals surface area contributed by atoms with Gasteiger partial charge in [0.1, 0.15) is 0 Å². The molecule has 0 heterocycles. The first kappa shape index (κ1) is 18.8. The molecule has 0 saturated carbocycles. The summed E-state index contributed by atoms with van der Waals surface area (Å²) >= 11 is 1.81. The first-order valence-electron chi connectivity index (χ1n) is 7.10. The topological polar surface area (TPSA) is 50.4 Å². The first-order valence-corrected chi connectivity index (χ1v) is 8.09. The van der Waals surface area contributed by atoms with Crippen LogP contribution in [0.25, 0.3) is 0 Å². The second kappa shape index (κ2) is 11.4. The number of hydrogen-bond donors (Lipinski definition) is 2. The fraction of sp³-hybridized carbons (Fsp3) is 0.235. The van der Waals surface area contributed by atoms with Crippen LogP contribution in [0, 0.1) is 0 Å². The van der Waals surface area contributed by atoms with Gasteiger partial charge in [-0.05, 0) is 24.1 Å². The minimum atomic E-state index is 0. The number of thioether (sulfide) groups is 1. The number of nitrogens with zero attached hydrogens (tertiary/aromatic N) is 1. The highest BCUT2D eigenvalue weighted by Crippen LogP contribution is 2.15. The molecule has 0 amide bonds. The summed E-state index contributed by atoms with van der Waals surface area (Å²) in [4.78, 5) is 5.61. The molecule has 2 aromatic carbocycles. The molecule has 22 heavy (non-hydrogen) atoms. The Bertz CT molecular complexity index is 546. The summed E-state index contributed by atoms with van der Waals surface area (Å²) in [6.07, 6.45) is 0.919. The Morgan fingerprint density at radius 1 is 1.00 bits per heavy atom. The van der Waals surface area contributed by atoms with E-state index in [-0.39, 0.29) is 24.0 Å². The van der Waals surface area contributed by atoms with Crippen molar-refractivity contribution in [2.75, 3.05) is 18.8 Å². The van der Waals surface area contributed by atoms with Crippen LogP contribution < -0.4 is 11.1 Å². The highest BCUT2D eigenvalue weighted by molar-refractivity contribution is 14.0. The monoisotopic (exact) mass is 427 g/mol. The van der Waals surface area contributed by atoms with Gasteiger partial charge in [0, 0.05) is 23.7 Å². The van der Waals surface area contributed by atoms with Crippen molar-refractivity contribution in [3.63, 3.8) is 0 Å². The van der Waals surface area contributed by atoms with Gasteiger partial charge in [0.25, 0.3) is 0 Å². The van der Waals surface area contributed by atoms with E-state index in [2.05, 4.69) is 46.7 Å². The average molecular weight is 427 g/mol. The first-order chi connectivity index (χ1) is 10.3. The zero-order valence-corrected chi connectivity index (χ0v) is 15.6. The zero-order chi connectivity index (χ0) is 14.8. The SMILES string of the molecule is I.NC(=NCCc1ccccc1)NCCSc1ccccc1. The lowest BCUT2D eigenvalue weighted by atomic mass is 10.2. The number of aliphatic imine (C=N–C) groups is 1. The molecule has 0 saturated heterocycles. The van der Waals surface area contributed by atoms with Gasteiger partial charge in [-0.1, -0.05) is 48.5 Å². The fourth-order valence-electron chi connectivity index (χ4n) is 1.87. The van der Waals surface area contributed by atoms with Crippen molar-refractivity contribution in [3.8, 4) is 0 Å². The van der Waals surface area contributed by atoms with Crippen molar-refractivity contribution in [1.82, 2.24) is 5.32 Å². The number of benzene rings is 2. The van der Waals surface area contributed by atoms with Gasteiger partial charge in [0.05, 0.1) is 0 Å². The second-order valence-electron chi connectivity index (χ2n) is 4.59. The van der Waals surface area contributed by atoms with Crippen molar-refractivity contribution in [2.24, 2.45) is 10.7 Å². The molecule has 3 nitrogen and oxygen atoms in total. The van der Waals surface area contributed by atoms with Crippen molar-refractivity contribution in [2.45, 2.75) is 11.3 Å². The molecule has 0 aromatic heterocycles. The van der Waals surface area contributed by atoms with Gasteiger partial charge in [-0.3, -0.25) is 4.99 Å². The van der Waals surface area contributed by atoms with Crippen molar-refractivity contribution in [1.29, 1.82) is 0 Å². The van der Waals surface area contributed by atoms with Crippen LogP contribution in [0.5, 0.6) is 0 Å². The standard InChI is InChI=1S/C17H21N3S.HI/c18-17(19-12-11-15-7-3-1-4-8-15)20-13-14-21-16-9-5-2-6-10-16;/h1-10H,11-14H2,(H3,18,19,20);1H. The number of halogens is 1. The van der Waals surface area contributed by atoms with Crippen molar-refractivity contribution >= 4 is 41.7 Å². The molecule has 0 bridgehead atoms. The maximum absolute atomic E-state index is 5.85. The summed E-state index contributed by atoms with van der Waals surface area (Å²) in [7, 11) is 0. The molecule has 0 aliphatic carbocycles. The van der Waals surface area contributed by atoms with Gasteiger partial charge < -0.3 is 11.1 Å². The van der Waals surface area contributed by atoms with E-state index in [1.165, 1.54) is 10.5 Å². The molecule has 0 spiro atoms. The summed E-state index contributed by atoms with van der Waals surface area (Å²) in [5, 5.41) is 3.15. The molecule has 0 unspecified atom stereocenters. The predicted molar refractivity (Wildman–Crippen MR) is 107 cm³/mol. The minimum absolute atomic E-state index is 0. The maximum Gasteiger partial charge on any atom is 0.188 e. The average Bonchev–Trinajstić information content (AvgIpc) is 2.54. The number of guanidine groups is 1. The Morgan fingerprint density at radius 3 is 2.32 bits per heavy atom. The van der Waals surface area contributed by atoms with Gasteiger partial charge in [-0.2, -0.15) is 0 Å². The van der Waals surface area contributed by atoms with Crippen LogP contribution in [-0.4, -0.2) is 24.8 Å². The maximum atomic E-state index is 5.85. The normalized spacial score (nSPS) is 10.8. The predicted octanol–water partition coefficient (Wildman–Crippen LogP) is 3.54. The van der Waals surface area contributed by atoms with Gasteiger partial charge in [-0.25, -0.2) is 0 Å². The Labute approximate surface area is 153 Å². The van der Waals surface area contributed by atoms with E-state index in [9.17, 15) is 0 Å². The smallest absolute Gasteiger partial charge is 0.188 e. The molecular weight excluding hydrogens is 405 g/mol. The van der Waals surface area contributed by atoms with Crippen LogP contribution >= 0.6 is 35.7 Å². The number of rotatable bonds is 7. The third-order valence-electron chi connectivity index (χ3n) is 2.95. The molecule has 0 radical (unpaired) electrons.